The van der Waals surface area contributed by atoms with Gasteiger partial charge in [0, 0.05) is 30.1 Å². The van der Waals surface area contributed by atoms with Crippen molar-refractivity contribution in [1.82, 2.24) is 10.3 Å². The molecule has 1 fully saturated rings. The first-order chi connectivity index (χ1) is 7.33. The Morgan fingerprint density at radius 2 is 2.07 bits per heavy atom. The fourth-order valence-electron chi connectivity index (χ4n) is 2.02. The van der Waals surface area contributed by atoms with E-state index in [0.29, 0.717) is 5.92 Å². The summed E-state index contributed by atoms with van der Waals surface area (Å²) < 4.78 is 0. The van der Waals surface area contributed by atoms with Gasteiger partial charge in [-0.3, -0.25) is 4.98 Å². The summed E-state index contributed by atoms with van der Waals surface area (Å²) in [5.41, 5.74) is 3.62. The Morgan fingerprint density at radius 1 is 1.20 bits per heavy atom. The van der Waals surface area contributed by atoms with Gasteiger partial charge in [0.15, 0.2) is 0 Å². The first-order valence-corrected chi connectivity index (χ1v) is 5.41. The fourth-order valence-corrected chi connectivity index (χ4v) is 2.02. The first-order valence-electron chi connectivity index (χ1n) is 5.41. The van der Waals surface area contributed by atoms with Crippen molar-refractivity contribution in [3.05, 3.63) is 41.6 Å². The number of fused-ring (bicyclic) bond motifs is 1. The van der Waals surface area contributed by atoms with Gasteiger partial charge in [-0.05, 0) is 30.7 Å². The van der Waals surface area contributed by atoms with Gasteiger partial charge in [-0.1, -0.05) is 12.1 Å². The molecular formula is C13H14N2. The van der Waals surface area contributed by atoms with E-state index < -0.39 is 0 Å². The van der Waals surface area contributed by atoms with Crippen molar-refractivity contribution in [1.29, 1.82) is 0 Å². The standard InChI is InChI=1S/C13H14N2/c1-9-2-3-11-6-10(12-7-14-8-12)4-5-13(11)15-9/h2-6,12,14H,7-8H2,1H3. The minimum absolute atomic E-state index is 0.704. The van der Waals surface area contributed by atoms with E-state index in [0.717, 1.165) is 24.3 Å². The Kier molecular flexibility index (Phi) is 1.96. The van der Waals surface area contributed by atoms with E-state index in [1.807, 2.05) is 6.92 Å². The number of benzene rings is 1. The van der Waals surface area contributed by atoms with Crippen LogP contribution in [-0.4, -0.2) is 18.1 Å². The molecule has 0 atom stereocenters. The smallest absolute Gasteiger partial charge is 0.0705 e. The van der Waals surface area contributed by atoms with Gasteiger partial charge in [-0.2, -0.15) is 0 Å². The predicted octanol–water partition coefficient (Wildman–Crippen LogP) is 2.23. The number of rotatable bonds is 1. The largest absolute Gasteiger partial charge is 0.315 e. The molecule has 76 valence electrons. The molecule has 15 heavy (non-hydrogen) atoms. The zero-order valence-corrected chi connectivity index (χ0v) is 8.83. The van der Waals surface area contributed by atoms with Crippen molar-refractivity contribution in [3.63, 3.8) is 0 Å². The summed E-state index contributed by atoms with van der Waals surface area (Å²) in [6, 6.07) is 10.8. The van der Waals surface area contributed by atoms with Crippen molar-refractivity contribution in [2.24, 2.45) is 0 Å². The molecule has 0 bridgehead atoms. The van der Waals surface area contributed by atoms with Crippen molar-refractivity contribution in [3.8, 4) is 0 Å². The summed E-state index contributed by atoms with van der Waals surface area (Å²) in [6.45, 7) is 4.26. The van der Waals surface area contributed by atoms with Crippen LogP contribution in [0.2, 0.25) is 0 Å². The summed E-state index contributed by atoms with van der Waals surface area (Å²) in [5.74, 6) is 0.704. The number of aromatic nitrogens is 1. The molecule has 1 aromatic carbocycles. The van der Waals surface area contributed by atoms with Crippen LogP contribution in [-0.2, 0) is 0 Å². The molecule has 2 heteroatoms. The first kappa shape index (κ1) is 8.86. The van der Waals surface area contributed by atoms with Crippen molar-refractivity contribution < 1.29 is 0 Å². The molecular weight excluding hydrogens is 184 g/mol. The van der Waals surface area contributed by atoms with Crippen LogP contribution in [0.5, 0.6) is 0 Å². The molecule has 2 nitrogen and oxygen atoms in total. The molecule has 1 aromatic heterocycles. The molecule has 0 saturated carbocycles. The van der Waals surface area contributed by atoms with Crippen LogP contribution in [0.4, 0.5) is 0 Å². The second-order valence-corrected chi connectivity index (χ2v) is 4.26. The lowest BCUT2D eigenvalue weighted by molar-refractivity contribution is 0.449. The van der Waals surface area contributed by atoms with Crippen molar-refractivity contribution >= 4 is 10.9 Å². The third-order valence-corrected chi connectivity index (χ3v) is 3.11. The van der Waals surface area contributed by atoms with Gasteiger partial charge < -0.3 is 5.32 Å². The van der Waals surface area contributed by atoms with E-state index in [9.17, 15) is 0 Å². The van der Waals surface area contributed by atoms with Crippen LogP contribution in [0, 0.1) is 6.92 Å². The average molecular weight is 198 g/mol. The third-order valence-electron chi connectivity index (χ3n) is 3.11. The van der Waals surface area contributed by atoms with Gasteiger partial charge in [-0.25, -0.2) is 0 Å². The predicted molar refractivity (Wildman–Crippen MR) is 62.1 cm³/mol. The van der Waals surface area contributed by atoms with Crippen LogP contribution in [0.25, 0.3) is 10.9 Å². The highest BCUT2D eigenvalue weighted by molar-refractivity contribution is 5.79. The Balaban J connectivity index is 2.09. The van der Waals surface area contributed by atoms with Gasteiger partial charge in [0.1, 0.15) is 0 Å². The van der Waals surface area contributed by atoms with Crippen LogP contribution >= 0.6 is 0 Å². The molecule has 0 aliphatic carbocycles. The molecule has 1 aliphatic rings. The Labute approximate surface area is 89.3 Å². The SMILES string of the molecule is Cc1ccc2cc(C3CNC3)ccc2n1. The van der Waals surface area contributed by atoms with Crippen LogP contribution < -0.4 is 5.32 Å². The summed E-state index contributed by atoms with van der Waals surface area (Å²) in [5, 5.41) is 4.56. The minimum Gasteiger partial charge on any atom is -0.315 e. The van der Waals surface area contributed by atoms with E-state index in [4.69, 9.17) is 0 Å². The number of pyridine rings is 1. The highest BCUT2D eigenvalue weighted by atomic mass is 14.9. The lowest BCUT2D eigenvalue weighted by Crippen LogP contribution is -2.39. The highest BCUT2D eigenvalue weighted by Crippen LogP contribution is 2.23. The zero-order valence-electron chi connectivity index (χ0n) is 8.83. The zero-order chi connectivity index (χ0) is 10.3. The van der Waals surface area contributed by atoms with Gasteiger partial charge in [0.25, 0.3) is 0 Å². The highest BCUT2D eigenvalue weighted by Gasteiger charge is 2.18. The molecule has 1 N–H and O–H groups in total. The summed E-state index contributed by atoms with van der Waals surface area (Å²) >= 11 is 0. The Bertz CT molecular complexity index is 501. The van der Waals surface area contributed by atoms with Gasteiger partial charge in [0.2, 0.25) is 0 Å². The number of hydrogen-bond donors (Lipinski definition) is 1. The Morgan fingerprint density at radius 3 is 2.80 bits per heavy atom. The van der Waals surface area contributed by atoms with Crippen LogP contribution in [0.1, 0.15) is 17.2 Å². The third kappa shape index (κ3) is 1.51. The molecule has 0 amide bonds. The molecule has 0 unspecified atom stereocenters. The van der Waals surface area contributed by atoms with E-state index in [-0.39, 0.29) is 0 Å². The average Bonchev–Trinajstić information content (AvgIpc) is 2.15. The quantitative estimate of drug-likeness (QED) is 0.760. The molecule has 0 radical (unpaired) electrons. The van der Waals surface area contributed by atoms with Crippen LogP contribution in [0.3, 0.4) is 0 Å². The molecule has 2 heterocycles. The second-order valence-electron chi connectivity index (χ2n) is 4.26. The molecule has 0 spiro atoms. The number of hydrogen-bond acceptors (Lipinski definition) is 2. The van der Waals surface area contributed by atoms with E-state index in [2.05, 4.69) is 40.6 Å². The van der Waals surface area contributed by atoms with Gasteiger partial charge >= 0.3 is 0 Å². The maximum atomic E-state index is 4.50. The van der Waals surface area contributed by atoms with Gasteiger partial charge in [-0.15, -0.1) is 0 Å². The fraction of sp³-hybridized carbons (Fsp3) is 0.308. The second kappa shape index (κ2) is 3.31. The van der Waals surface area contributed by atoms with E-state index in [1.165, 1.54) is 10.9 Å². The monoisotopic (exact) mass is 198 g/mol. The Hall–Kier alpha value is -1.41. The molecule has 1 saturated heterocycles. The number of aryl methyl sites for hydroxylation is 1. The van der Waals surface area contributed by atoms with E-state index >= 15 is 0 Å². The maximum Gasteiger partial charge on any atom is 0.0705 e. The number of nitrogens with one attached hydrogen (secondary N) is 1. The normalized spacial score (nSPS) is 16.6. The molecule has 2 aromatic rings. The van der Waals surface area contributed by atoms with Crippen molar-refractivity contribution in [2.45, 2.75) is 12.8 Å². The minimum atomic E-state index is 0.704. The summed E-state index contributed by atoms with van der Waals surface area (Å²) in [4.78, 5) is 4.50. The lowest BCUT2D eigenvalue weighted by Gasteiger charge is -2.27. The summed E-state index contributed by atoms with van der Waals surface area (Å²) in [7, 11) is 0. The molecule has 1 aliphatic heterocycles. The molecule has 3 rings (SSSR count). The van der Waals surface area contributed by atoms with Gasteiger partial charge in [0.05, 0.1) is 5.52 Å². The van der Waals surface area contributed by atoms with Crippen molar-refractivity contribution in [2.75, 3.05) is 13.1 Å². The van der Waals surface area contributed by atoms with E-state index in [1.54, 1.807) is 0 Å². The lowest BCUT2D eigenvalue weighted by atomic mass is 9.93. The number of nitrogens with zero attached hydrogens (tertiary/aromatic N) is 1. The summed E-state index contributed by atoms with van der Waals surface area (Å²) in [6.07, 6.45) is 0. The van der Waals surface area contributed by atoms with Crippen LogP contribution in [0.15, 0.2) is 30.3 Å². The topological polar surface area (TPSA) is 24.9 Å². The maximum absolute atomic E-state index is 4.50.